The number of halogens is 2. The van der Waals surface area contributed by atoms with Gasteiger partial charge in [-0.1, -0.05) is 59.6 Å². The van der Waals surface area contributed by atoms with Crippen molar-refractivity contribution in [3.8, 4) is 0 Å². The fourth-order valence-corrected chi connectivity index (χ4v) is 3.41. The Balaban J connectivity index is 1.67. The minimum atomic E-state index is 0.352. The lowest BCUT2D eigenvalue weighted by Crippen LogP contribution is -2.26. The van der Waals surface area contributed by atoms with E-state index in [4.69, 9.17) is 28.9 Å². The van der Waals surface area contributed by atoms with Crippen LogP contribution in [0.25, 0.3) is 0 Å². The van der Waals surface area contributed by atoms with Crippen LogP contribution >= 0.6 is 23.2 Å². The van der Waals surface area contributed by atoms with Crippen LogP contribution in [0.4, 0.5) is 34.4 Å². The summed E-state index contributed by atoms with van der Waals surface area (Å²) in [6.07, 6.45) is 1.43. The maximum Gasteiger partial charge on any atom is 0.173 e. The predicted octanol–water partition coefficient (Wildman–Crippen LogP) is 6.27. The summed E-state index contributed by atoms with van der Waals surface area (Å²) in [5, 5.41) is 6.06. The van der Waals surface area contributed by atoms with Crippen molar-refractivity contribution in [1.29, 1.82) is 0 Å². The molecule has 0 saturated heterocycles. The summed E-state index contributed by atoms with van der Waals surface area (Å²) in [5.74, 6) is 0.889. The van der Waals surface area contributed by atoms with Crippen molar-refractivity contribution in [3.63, 3.8) is 0 Å². The second-order valence-corrected chi connectivity index (χ2v) is 7.26. The second kappa shape index (κ2) is 8.90. The summed E-state index contributed by atoms with van der Waals surface area (Å²) in [5.41, 5.74) is 12.5. The number of hydrazine groups is 1. The molecule has 3 aromatic carbocycles. The monoisotopic (exact) mass is 436 g/mol. The summed E-state index contributed by atoms with van der Waals surface area (Å²) in [6, 6.07) is 24.9. The molecular weight excluding hydrogens is 419 g/mol. The Hall–Kier alpha value is -3.48. The van der Waals surface area contributed by atoms with E-state index in [1.165, 1.54) is 6.33 Å². The third-order valence-corrected chi connectivity index (χ3v) is 4.69. The summed E-state index contributed by atoms with van der Waals surface area (Å²) in [4.78, 5) is 8.58. The lowest BCUT2D eigenvalue weighted by Gasteiger charge is -2.26. The van der Waals surface area contributed by atoms with Crippen LogP contribution in [0.15, 0.2) is 85.2 Å². The Morgan fingerprint density at radius 3 is 1.83 bits per heavy atom. The Labute approximate surface area is 184 Å². The van der Waals surface area contributed by atoms with Gasteiger partial charge in [-0.3, -0.25) is 10.4 Å². The lowest BCUT2D eigenvalue weighted by molar-refractivity contribution is 1.09. The standard InChI is InChI=1S/C22H18Cl2N6/c23-15-11-16(24)13-17(12-15)28-21-20(25)22(27-14-26-21)29-30(18-7-3-1-4-8-18)19-9-5-2-6-10-19/h1-14H,25H2,(H2,26,27,28,29). The molecule has 4 N–H and O–H groups in total. The fourth-order valence-electron chi connectivity index (χ4n) is 2.89. The van der Waals surface area contributed by atoms with Crippen LogP contribution in [0.5, 0.6) is 0 Å². The number of nitrogens with one attached hydrogen (secondary N) is 2. The molecule has 0 radical (unpaired) electrons. The van der Waals surface area contributed by atoms with Gasteiger partial charge in [0.05, 0.1) is 11.4 Å². The van der Waals surface area contributed by atoms with Crippen LogP contribution in [-0.2, 0) is 0 Å². The zero-order valence-electron chi connectivity index (χ0n) is 15.8. The molecule has 0 spiro atoms. The highest BCUT2D eigenvalue weighted by atomic mass is 35.5. The molecule has 1 heterocycles. The van der Waals surface area contributed by atoms with Gasteiger partial charge in [-0.05, 0) is 42.5 Å². The molecule has 0 aliphatic heterocycles. The Morgan fingerprint density at radius 2 is 1.27 bits per heavy atom. The smallest absolute Gasteiger partial charge is 0.173 e. The molecule has 0 aliphatic carbocycles. The highest BCUT2D eigenvalue weighted by molar-refractivity contribution is 6.35. The maximum absolute atomic E-state index is 6.37. The van der Waals surface area contributed by atoms with Gasteiger partial charge in [-0.25, -0.2) is 9.97 Å². The molecule has 150 valence electrons. The maximum atomic E-state index is 6.37. The summed E-state index contributed by atoms with van der Waals surface area (Å²) >= 11 is 12.2. The van der Waals surface area contributed by atoms with E-state index < -0.39 is 0 Å². The number of nitrogens with zero attached hydrogens (tertiary/aromatic N) is 3. The topological polar surface area (TPSA) is 79.1 Å². The molecule has 30 heavy (non-hydrogen) atoms. The third kappa shape index (κ3) is 4.56. The molecule has 0 aliphatic rings. The number of benzene rings is 3. The molecule has 0 amide bonds. The normalized spacial score (nSPS) is 10.5. The summed E-state index contributed by atoms with van der Waals surface area (Å²) in [6.45, 7) is 0. The fraction of sp³-hybridized carbons (Fsp3) is 0. The van der Waals surface area contributed by atoms with Gasteiger partial charge >= 0.3 is 0 Å². The minimum Gasteiger partial charge on any atom is -0.393 e. The van der Waals surface area contributed by atoms with Crippen molar-refractivity contribution in [2.75, 3.05) is 21.5 Å². The SMILES string of the molecule is Nc1c(Nc2cc(Cl)cc(Cl)c2)ncnc1NN(c1ccccc1)c1ccccc1. The second-order valence-electron chi connectivity index (χ2n) is 6.39. The van der Waals surface area contributed by atoms with E-state index in [1.54, 1.807) is 18.2 Å². The van der Waals surface area contributed by atoms with Gasteiger partial charge < -0.3 is 11.1 Å². The quantitative estimate of drug-likeness (QED) is 0.309. The van der Waals surface area contributed by atoms with Crippen LogP contribution in [0.1, 0.15) is 0 Å². The number of hydrogen-bond acceptors (Lipinski definition) is 6. The van der Waals surface area contributed by atoms with Crippen LogP contribution in [0.3, 0.4) is 0 Å². The molecule has 8 heteroatoms. The van der Waals surface area contributed by atoms with Gasteiger partial charge in [0, 0.05) is 15.7 Å². The van der Waals surface area contributed by atoms with Gasteiger partial charge in [-0.2, -0.15) is 0 Å². The molecule has 1 aromatic heterocycles. The predicted molar refractivity (Wildman–Crippen MR) is 125 cm³/mol. The Kier molecular flexibility index (Phi) is 5.88. The van der Waals surface area contributed by atoms with E-state index in [2.05, 4.69) is 20.7 Å². The molecule has 0 saturated carbocycles. The molecule has 0 atom stereocenters. The molecular formula is C22H18Cl2N6. The van der Waals surface area contributed by atoms with Crippen molar-refractivity contribution in [1.82, 2.24) is 9.97 Å². The van der Waals surface area contributed by atoms with Crippen molar-refractivity contribution in [3.05, 3.63) is 95.2 Å². The van der Waals surface area contributed by atoms with Gasteiger partial charge in [0.25, 0.3) is 0 Å². The highest BCUT2D eigenvalue weighted by Crippen LogP contribution is 2.31. The van der Waals surface area contributed by atoms with Crippen molar-refractivity contribution in [2.24, 2.45) is 0 Å². The van der Waals surface area contributed by atoms with E-state index >= 15 is 0 Å². The molecule has 6 nitrogen and oxygen atoms in total. The number of rotatable bonds is 6. The highest BCUT2D eigenvalue weighted by Gasteiger charge is 2.14. The first-order valence-electron chi connectivity index (χ1n) is 9.10. The number of hydrogen-bond donors (Lipinski definition) is 3. The lowest BCUT2D eigenvalue weighted by atomic mass is 10.2. The first-order chi connectivity index (χ1) is 14.6. The Morgan fingerprint density at radius 1 is 0.733 bits per heavy atom. The van der Waals surface area contributed by atoms with Gasteiger partial charge in [0.1, 0.15) is 12.0 Å². The number of para-hydroxylation sites is 2. The van der Waals surface area contributed by atoms with Gasteiger partial charge in [-0.15, -0.1) is 0 Å². The van der Waals surface area contributed by atoms with E-state index in [0.29, 0.717) is 33.1 Å². The molecule has 4 aromatic rings. The van der Waals surface area contributed by atoms with Gasteiger partial charge in [0.15, 0.2) is 11.6 Å². The first kappa shape index (κ1) is 19.8. The van der Waals surface area contributed by atoms with Crippen molar-refractivity contribution >= 4 is 57.6 Å². The minimum absolute atomic E-state index is 0.352. The largest absolute Gasteiger partial charge is 0.393 e. The van der Waals surface area contributed by atoms with Crippen LogP contribution in [0, 0.1) is 0 Å². The van der Waals surface area contributed by atoms with Crippen LogP contribution in [-0.4, -0.2) is 9.97 Å². The molecule has 0 bridgehead atoms. The number of anilines is 6. The van der Waals surface area contributed by atoms with E-state index in [1.807, 2.05) is 65.7 Å². The summed E-state index contributed by atoms with van der Waals surface area (Å²) < 4.78 is 0. The molecule has 0 fully saturated rings. The van der Waals surface area contributed by atoms with E-state index in [0.717, 1.165) is 11.4 Å². The summed E-state index contributed by atoms with van der Waals surface area (Å²) in [7, 11) is 0. The number of nitrogen functional groups attached to an aromatic ring is 1. The van der Waals surface area contributed by atoms with E-state index in [-0.39, 0.29) is 0 Å². The van der Waals surface area contributed by atoms with Crippen molar-refractivity contribution in [2.45, 2.75) is 0 Å². The average molecular weight is 437 g/mol. The van der Waals surface area contributed by atoms with Crippen LogP contribution < -0.4 is 21.5 Å². The third-order valence-electron chi connectivity index (χ3n) is 4.26. The van der Waals surface area contributed by atoms with Crippen LogP contribution in [0.2, 0.25) is 10.0 Å². The number of aromatic nitrogens is 2. The van der Waals surface area contributed by atoms with Gasteiger partial charge in [0.2, 0.25) is 0 Å². The van der Waals surface area contributed by atoms with E-state index in [9.17, 15) is 0 Å². The first-order valence-corrected chi connectivity index (χ1v) is 9.86. The molecule has 0 unspecified atom stereocenters. The number of nitrogens with two attached hydrogens (primary N) is 1. The average Bonchev–Trinajstić information content (AvgIpc) is 2.75. The Bertz CT molecular complexity index is 1080. The van der Waals surface area contributed by atoms with Crippen molar-refractivity contribution < 1.29 is 0 Å². The zero-order valence-corrected chi connectivity index (χ0v) is 17.3. The molecule has 4 rings (SSSR count). The zero-order chi connectivity index (χ0) is 20.9.